The normalized spacial score (nSPS) is 10.8. The number of hydrogen-bond acceptors (Lipinski definition) is 4. The minimum atomic E-state index is 0.0524. The molecule has 1 aromatic rings. The lowest BCUT2D eigenvalue weighted by Crippen LogP contribution is -2.28. The molecule has 0 saturated carbocycles. The van der Waals surface area contributed by atoms with E-state index in [0.29, 0.717) is 18.7 Å². The molecule has 0 radical (unpaired) electrons. The number of aryl methyl sites for hydroxylation is 2. The summed E-state index contributed by atoms with van der Waals surface area (Å²) in [6.07, 6.45) is 0.216. The van der Waals surface area contributed by atoms with Crippen LogP contribution >= 0.6 is 0 Å². The minimum Gasteiger partial charge on any atom is -0.384 e. The number of rotatable bonds is 6. The van der Waals surface area contributed by atoms with Gasteiger partial charge in [-0.15, -0.1) is 0 Å². The van der Waals surface area contributed by atoms with E-state index in [9.17, 15) is 0 Å². The van der Waals surface area contributed by atoms with Gasteiger partial charge in [-0.2, -0.15) is 0 Å². The largest absolute Gasteiger partial charge is 0.384 e. The van der Waals surface area contributed by atoms with Gasteiger partial charge in [0.25, 0.3) is 0 Å². The van der Waals surface area contributed by atoms with E-state index >= 15 is 0 Å². The maximum absolute atomic E-state index is 7.71. The molecule has 19 heavy (non-hydrogen) atoms. The summed E-state index contributed by atoms with van der Waals surface area (Å²) >= 11 is 0. The van der Waals surface area contributed by atoms with Crippen LogP contribution in [-0.2, 0) is 4.74 Å². The number of nitrogen functional groups attached to an aromatic ring is 1. The Labute approximate surface area is 115 Å². The second-order valence-corrected chi connectivity index (χ2v) is 5.03. The zero-order valence-corrected chi connectivity index (χ0v) is 12.4. The number of anilines is 1. The Bertz CT molecular complexity index is 457. The van der Waals surface area contributed by atoms with Crippen LogP contribution in [-0.4, -0.2) is 37.1 Å². The van der Waals surface area contributed by atoms with Crippen LogP contribution in [0.5, 0.6) is 0 Å². The lowest BCUT2D eigenvalue weighted by Gasteiger charge is -2.23. The third kappa shape index (κ3) is 4.21. The van der Waals surface area contributed by atoms with Gasteiger partial charge < -0.3 is 15.4 Å². The molecule has 106 valence electrons. The van der Waals surface area contributed by atoms with E-state index in [1.165, 1.54) is 0 Å². The molecule has 0 saturated heterocycles. The van der Waals surface area contributed by atoms with Crippen LogP contribution in [0.3, 0.4) is 0 Å². The Balaban J connectivity index is 2.94. The number of amidine groups is 1. The maximum atomic E-state index is 7.71. The fourth-order valence-corrected chi connectivity index (χ4v) is 1.96. The molecule has 1 rings (SSSR count). The molecule has 3 N–H and O–H groups in total. The number of ether oxygens (including phenoxy) is 1. The third-order valence-corrected chi connectivity index (χ3v) is 2.83. The quantitative estimate of drug-likeness (QED) is 0.607. The first-order chi connectivity index (χ1) is 8.82. The molecule has 0 spiro atoms. The van der Waals surface area contributed by atoms with E-state index in [1.807, 2.05) is 45.7 Å². The summed E-state index contributed by atoms with van der Waals surface area (Å²) in [4.78, 5) is 6.49. The molecule has 0 aliphatic heterocycles. The second-order valence-electron chi connectivity index (χ2n) is 5.03. The topological polar surface area (TPSA) is 75.2 Å². The van der Waals surface area contributed by atoms with E-state index in [1.54, 1.807) is 0 Å². The van der Waals surface area contributed by atoms with Crippen LogP contribution in [0, 0.1) is 19.3 Å². The van der Waals surface area contributed by atoms with Crippen molar-refractivity contribution < 1.29 is 4.74 Å². The molecule has 0 atom stereocenters. The van der Waals surface area contributed by atoms with E-state index in [0.717, 1.165) is 17.1 Å². The van der Waals surface area contributed by atoms with Crippen LogP contribution < -0.4 is 10.6 Å². The molecular formula is C14H24N4O. The highest BCUT2D eigenvalue weighted by atomic mass is 16.5. The molecule has 1 heterocycles. The predicted molar refractivity (Wildman–Crippen MR) is 79.1 cm³/mol. The number of nitrogens with zero attached hydrogens (tertiary/aromatic N) is 2. The minimum absolute atomic E-state index is 0.0524. The number of pyridine rings is 1. The summed E-state index contributed by atoms with van der Waals surface area (Å²) in [5.74, 6) is 0.800. The van der Waals surface area contributed by atoms with Gasteiger partial charge in [-0.3, -0.25) is 5.41 Å². The molecule has 0 aliphatic carbocycles. The zero-order chi connectivity index (χ0) is 14.6. The van der Waals surface area contributed by atoms with Gasteiger partial charge in [0.2, 0.25) is 0 Å². The van der Waals surface area contributed by atoms with E-state index in [2.05, 4.69) is 4.98 Å². The standard InChI is InChI=1S/C14H24N4O/c1-9(2)19-7-6-18(5)14-12(13(15)16)10(3)8-11(4)17-14/h8-9H,6-7H2,1-5H3,(H3,15,16). The molecule has 5 nitrogen and oxygen atoms in total. The van der Waals surface area contributed by atoms with Crippen LogP contribution in [0.2, 0.25) is 0 Å². The van der Waals surface area contributed by atoms with Crippen molar-refractivity contribution in [3.05, 3.63) is 22.9 Å². The number of nitrogens with one attached hydrogen (secondary N) is 1. The van der Waals surface area contributed by atoms with Crippen molar-refractivity contribution in [2.24, 2.45) is 5.73 Å². The lowest BCUT2D eigenvalue weighted by atomic mass is 10.1. The molecule has 0 amide bonds. The van der Waals surface area contributed by atoms with Crippen LogP contribution in [0.15, 0.2) is 6.07 Å². The Hall–Kier alpha value is -1.62. The fourth-order valence-electron chi connectivity index (χ4n) is 1.96. The average molecular weight is 264 g/mol. The first kappa shape index (κ1) is 15.4. The monoisotopic (exact) mass is 264 g/mol. The molecule has 0 bridgehead atoms. The summed E-state index contributed by atoms with van der Waals surface area (Å²) in [6.45, 7) is 9.26. The highest BCUT2D eigenvalue weighted by Gasteiger charge is 2.15. The Kier molecular flexibility index (Phi) is 5.30. The van der Waals surface area contributed by atoms with Gasteiger partial charge in [0, 0.05) is 19.3 Å². The average Bonchev–Trinajstić information content (AvgIpc) is 2.26. The summed E-state index contributed by atoms with van der Waals surface area (Å²) in [6, 6.07) is 1.94. The van der Waals surface area contributed by atoms with Crippen molar-refractivity contribution in [3.63, 3.8) is 0 Å². The van der Waals surface area contributed by atoms with Gasteiger partial charge in [-0.25, -0.2) is 4.98 Å². The van der Waals surface area contributed by atoms with Crippen molar-refractivity contribution in [1.82, 2.24) is 4.98 Å². The van der Waals surface area contributed by atoms with Crippen molar-refractivity contribution >= 4 is 11.7 Å². The predicted octanol–water partition coefficient (Wildman–Crippen LogP) is 1.84. The third-order valence-electron chi connectivity index (χ3n) is 2.83. The molecule has 0 aliphatic rings. The van der Waals surface area contributed by atoms with Crippen molar-refractivity contribution in [2.75, 3.05) is 25.1 Å². The summed E-state index contributed by atoms with van der Waals surface area (Å²) < 4.78 is 5.54. The first-order valence-corrected chi connectivity index (χ1v) is 6.48. The number of aromatic nitrogens is 1. The Morgan fingerprint density at radius 2 is 2.11 bits per heavy atom. The molecule has 1 aromatic heterocycles. The van der Waals surface area contributed by atoms with E-state index in [4.69, 9.17) is 15.9 Å². The van der Waals surface area contributed by atoms with Crippen molar-refractivity contribution in [1.29, 1.82) is 5.41 Å². The van der Waals surface area contributed by atoms with Gasteiger partial charge in [0.05, 0.1) is 18.3 Å². The number of likely N-dealkylation sites (N-methyl/N-ethyl adjacent to an activating group) is 1. The number of nitrogens with two attached hydrogens (primary N) is 1. The van der Waals surface area contributed by atoms with Gasteiger partial charge in [0.1, 0.15) is 11.7 Å². The van der Waals surface area contributed by atoms with Gasteiger partial charge in [-0.1, -0.05) is 0 Å². The smallest absolute Gasteiger partial charge is 0.139 e. The lowest BCUT2D eigenvalue weighted by molar-refractivity contribution is 0.0845. The van der Waals surface area contributed by atoms with E-state index in [-0.39, 0.29) is 11.9 Å². The summed E-state index contributed by atoms with van der Waals surface area (Å²) in [5.41, 5.74) is 8.28. The first-order valence-electron chi connectivity index (χ1n) is 6.48. The summed E-state index contributed by atoms with van der Waals surface area (Å²) in [5, 5.41) is 7.71. The van der Waals surface area contributed by atoms with Gasteiger partial charge in [0.15, 0.2) is 0 Å². The molecule has 0 unspecified atom stereocenters. The van der Waals surface area contributed by atoms with Crippen molar-refractivity contribution in [3.8, 4) is 0 Å². The Morgan fingerprint density at radius 1 is 1.47 bits per heavy atom. The molecule has 0 aromatic carbocycles. The van der Waals surface area contributed by atoms with Crippen molar-refractivity contribution in [2.45, 2.75) is 33.8 Å². The highest BCUT2D eigenvalue weighted by Crippen LogP contribution is 2.21. The molecule has 0 fully saturated rings. The molecule has 5 heteroatoms. The van der Waals surface area contributed by atoms with E-state index < -0.39 is 0 Å². The highest BCUT2D eigenvalue weighted by molar-refractivity contribution is 6.01. The number of hydrogen-bond donors (Lipinski definition) is 2. The maximum Gasteiger partial charge on any atom is 0.139 e. The fraction of sp³-hybridized carbons (Fsp3) is 0.571. The Morgan fingerprint density at radius 3 is 2.63 bits per heavy atom. The van der Waals surface area contributed by atoms with Gasteiger partial charge >= 0.3 is 0 Å². The SMILES string of the molecule is Cc1cc(C)c(C(=N)N)c(N(C)CCOC(C)C)n1. The van der Waals surface area contributed by atoms with Crippen LogP contribution in [0.4, 0.5) is 5.82 Å². The zero-order valence-electron chi connectivity index (χ0n) is 12.4. The van der Waals surface area contributed by atoms with Gasteiger partial charge in [-0.05, 0) is 39.3 Å². The van der Waals surface area contributed by atoms with Crippen LogP contribution in [0.25, 0.3) is 0 Å². The summed E-state index contributed by atoms with van der Waals surface area (Å²) in [7, 11) is 1.94. The van der Waals surface area contributed by atoms with Crippen LogP contribution in [0.1, 0.15) is 30.7 Å². The molecular weight excluding hydrogens is 240 g/mol. The second kappa shape index (κ2) is 6.52.